The molecule has 0 saturated heterocycles. The van der Waals surface area contributed by atoms with E-state index in [0.717, 1.165) is 21.6 Å². The highest BCUT2D eigenvalue weighted by molar-refractivity contribution is 7.19. The number of hydrogen-bond acceptors (Lipinski definition) is 5. The highest BCUT2D eigenvalue weighted by atomic mass is 32.1. The van der Waals surface area contributed by atoms with Crippen LogP contribution in [0.3, 0.4) is 0 Å². The lowest BCUT2D eigenvalue weighted by atomic mass is 9.96. The third-order valence-electron chi connectivity index (χ3n) is 2.39. The maximum Gasteiger partial charge on any atom is 0.235 e. The predicted octanol–water partition coefficient (Wildman–Crippen LogP) is 2.74. The Bertz CT molecular complexity index is 645. The zero-order valence-corrected chi connectivity index (χ0v) is 10.7. The average molecular weight is 248 g/mol. The molecule has 88 valence electrons. The van der Waals surface area contributed by atoms with Gasteiger partial charge in [-0.3, -0.25) is 0 Å². The van der Waals surface area contributed by atoms with Crippen LogP contribution < -0.4 is 0 Å². The SMILES string of the molecule is CC(C)(C)c1nnc2sc(-c3ccco3)nn12. The molecule has 17 heavy (non-hydrogen) atoms. The van der Waals surface area contributed by atoms with Crippen molar-refractivity contribution in [2.24, 2.45) is 0 Å². The van der Waals surface area contributed by atoms with Crippen LogP contribution in [0.5, 0.6) is 0 Å². The Kier molecular flexibility index (Phi) is 2.09. The molecule has 0 amide bonds. The van der Waals surface area contributed by atoms with E-state index in [1.54, 1.807) is 10.8 Å². The van der Waals surface area contributed by atoms with Crippen LogP contribution in [0.25, 0.3) is 15.7 Å². The van der Waals surface area contributed by atoms with Crippen LogP contribution in [-0.4, -0.2) is 19.8 Å². The highest BCUT2D eigenvalue weighted by Crippen LogP contribution is 2.28. The molecule has 3 aromatic heterocycles. The van der Waals surface area contributed by atoms with Crippen LogP contribution in [0.15, 0.2) is 22.8 Å². The summed E-state index contributed by atoms with van der Waals surface area (Å²) in [4.78, 5) is 0.793. The fraction of sp³-hybridized carbons (Fsp3) is 0.364. The minimum Gasteiger partial charge on any atom is -0.462 e. The lowest BCUT2D eigenvalue weighted by Gasteiger charge is -2.13. The van der Waals surface area contributed by atoms with Gasteiger partial charge in [-0.25, -0.2) is 0 Å². The maximum absolute atomic E-state index is 5.33. The standard InChI is InChI=1S/C11H12N4OS/c1-11(2,3)9-12-13-10-15(9)14-8(17-10)7-5-4-6-16-7/h4-6H,1-3H3. The Balaban J connectivity index is 2.18. The van der Waals surface area contributed by atoms with Gasteiger partial charge in [-0.1, -0.05) is 32.1 Å². The van der Waals surface area contributed by atoms with Crippen molar-refractivity contribution in [3.05, 3.63) is 24.2 Å². The van der Waals surface area contributed by atoms with Crippen LogP contribution in [0.2, 0.25) is 0 Å². The molecular formula is C11H12N4OS. The summed E-state index contributed by atoms with van der Waals surface area (Å²) in [6.07, 6.45) is 1.64. The Morgan fingerprint density at radius 3 is 2.76 bits per heavy atom. The summed E-state index contributed by atoms with van der Waals surface area (Å²) >= 11 is 1.48. The molecule has 0 saturated carbocycles. The van der Waals surface area contributed by atoms with E-state index in [2.05, 4.69) is 36.1 Å². The molecule has 0 N–H and O–H groups in total. The van der Waals surface area contributed by atoms with Gasteiger partial charge in [-0.05, 0) is 12.1 Å². The minimum absolute atomic E-state index is 0.0755. The fourth-order valence-electron chi connectivity index (χ4n) is 1.58. The van der Waals surface area contributed by atoms with E-state index in [1.165, 1.54) is 11.3 Å². The summed E-state index contributed by atoms with van der Waals surface area (Å²) in [5, 5.41) is 13.6. The molecule has 0 atom stereocenters. The topological polar surface area (TPSA) is 56.2 Å². The lowest BCUT2D eigenvalue weighted by molar-refractivity contribution is 0.527. The maximum atomic E-state index is 5.33. The summed E-state index contributed by atoms with van der Waals surface area (Å²) in [7, 11) is 0. The van der Waals surface area contributed by atoms with Crippen LogP contribution in [-0.2, 0) is 5.41 Å². The highest BCUT2D eigenvalue weighted by Gasteiger charge is 2.23. The molecule has 6 heteroatoms. The first kappa shape index (κ1) is 10.5. The van der Waals surface area contributed by atoms with Gasteiger partial charge in [0.2, 0.25) is 4.96 Å². The van der Waals surface area contributed by atoms with E-state index in [-0.39, 0.29) is 5.41 Å². The van der Waals surface area contributed by atoms with E-state index < -0.39 is 0 Å². The minimum atomic E-state index is -0.0755. The predicted molar refractivity (Wildman–Crippen MR) is 65.1 cm³/mol. The van der Waals surface area contributed by atoms with E-state index in [1.807, 2.05) is 12.1 Å². The number of aromatic nitrogens is 4. The van der Waals surface area contributed by atoms with Gasteiger partial charge < -0.3 is 4.42 Å². The van der Waals surface area contributed by atoms with Crippen molar-refractivity contribution in [2.45, 2.75) is 26.2 Å². The first-order valence-electron chi connectivity index (χ1n) is 5.32. The molecule has 0 spiro atoms. The second-order valence-electron chi connectivity index (χ2n) is 4.85. The zero-order chi connectivity index (χ0) is 12.0. The second kappa shape index (κ2) is 3.40. The van der Waals surface area contributed by atoms with Gasteiger partial charge in [0, 0.05) is 5.41 Å². The van der Waals surface area contributed by atoms with Crippen LogP contribution in [0, 0.1) is 0 Å². The van der Waals surface area contributed by atoms with Gasteiger partial charge in [0.05, 0.1) is 6.26 Å². The normalized spacial score (nSPS) is 12.4. The molecule has 0 aliphatic rings. The molecule has 0 aliphatic heterocycles. The van der Waals surface area contributed by atoms with Gasteiger partial charge in [-0.2, -0.15) is 4.52 Å². The Labute approximate surface area is 102 Å². The van der Waals surface area contributed by atoms with Crippen molar-refractivity contribution in [1.29, 1.82) is 0 Å². The molecular weight excluding hydrogens is 236 g/mol. The molecule has 0 aromatic carbocycles. The Morgan fingerprint density at radius 2 is 2.12 bits per heavy atom. The number of rotatable bonds is 1. The van der Waals surface area contributed by atoms with Crippen molar-refractivity contribution in [1.82, 2.24) is 19.8 Å². The molecule has 0 radical (unpaired) electrons. The summed E-state index contributed by atoms with van der Waals surface area (Å²) < 4.78 is 7.12. The van der Waals surface area contributed by atoms with Crippen LogP contribution in [0.4, 0.5) is 0 Å². The second-order valence-corrected chi connectivity index (χ2v) is 5.81. The monoisotopic (exact) mass is 248 g/mol. The van der Waals surface area contributed by atoms with Crippen LogP contribution in [0.1, 0.15) is 26.6 Å². The molecule has 0 bridgehead atoms. The van der Waals surface area contributed by atoms with E-state index in [9.17, 15) is 0 Å². The number of furan rings is 1. The molecule has 5 nitrogen and oxygen atoms in total. The average Bonchev–Trinajstić information content (AvgIpc) is 2.90. The molecule has 3 rings (SSSR count). The van der Waals surface area contributed by atoms with Crippen molar-refractivity contribution >= 4 is 16.3 Å². The van der Waals surface area contributed by atoms with Crippen molar-refractivity contribution in [3.8, 4) is 10.8 Å². The number of nitrogens with zero attached hydrogens (tertiary/aromatic N) is 4. The van der Waals surface area contributed by atoms with Crippen molar-refractivity contribution in [2.75, 3.05) is 0 Å². The van der Waals surface area contributed by atoms with E-state index in [0.29, 0.717) is 0 Å². The Hall–Kier alpha value is -1.69. The lowest BCUT2D eigenvalue weighted by Crippen LogP contribution is -2.16. The van der Waals surface area contributed by atoms with E-state index in [4.69, 9.17) is 4.42 Å². The molecule has 0 unspecified atom stereocenters. The van der Waals surface area contributed by atoms with Crippen molar-refractivity contribution in [3.63, 3.8) is 0 Å². The van der Waals surface area contributed by atoms with Gasteiger partial charge in [-0.15, -0.1) is 15.3 Å². The molecule has 0 fully saturated rings. The quantitative estimate of drug-likeness (QED) is 0.664. The number of fused-ring (bicyclic) bond motifs is 1. The summed E-state index contributed by atoms with van der Waals surface area (Å²) in [5.41, 5.74) is -0.0755. The van der Waals surface area contributed by atoms with Gasteiger partial charge in [0.1, 0.15) is 0 Å². The molecule has 3 heterocycles. The fourth-order valence-corrected chi connectivity index (χ4v) is 2.39. The summed E-state index contributed by atoms with van der Waals surface area (Å²) in [6, 6.07) is 3.74. The first-order valence-corrected chi connectivity index (χ1v) is 6.14. The van der Waals surface area contributed by atoms with Crippen molar-refractivity contribution < 1.29 is 4.42 Å². The largest absolute Gasteiger partial charge is 0.462 e. The molecule has 3 aromatic rings. The zero-order valence-electron chi connectivity index (χ0n) is 9.84. The molecule has 0 aliphatic carbocycles. The van der Waals surface area contributed by atoms with Gasteiger partial charge in [0.25, 0.3) is 0 Å². The van der Waals surface area contributed by atoms with E-state index >= 15 is 0 Å². The smallest absolute Gasteiger partial charge is 0.235 e. The third kappa shape index (κ3) is 1.64. The van der Waals surface area contributed by atoms with Gasteiger partial charge in [0.15, 0.2) is 16.6 Å². The summed E-state index contributed by atoms with van der Waals surface area (Å²) in [5.74, 6) is 1.63. The summed E-state index contributed by atoms with van der Waals surface area (Å²) in [6.45, 7) is 6.28. The first-order chi connectivity index (χ1) is 8.05. The number of hydrogen-bond donors (Lipinski definition) is 0. The van der Waals surface area contributed by atoms with Gasteiger partial charge >= 0.3 is 0 Å². The Morgan fingerprint density at radius 1 is 1.29 bits per heavy atom. The van der Waals surface area contributed by atoms with Crippen LogP contribution >= 0.6 is 11.3 Å². The third-order valence-corrected chi connectivity index (χ3v) is 3.31.